The molecule has 4 heterocycles. The smallest absolute Gasteiger partial charge is 0.244 e. The Morgan fingerprint density at radius 1 is 1.00 bits per heavy atom. The Balaban J connectivity index is 1.48. The molecule has 3 aromatic rings. The Bertz CT molecular complexity index is 1250. The van der Waals surface area contributed by atoms with Gasteiger partial charge in [0, 0.05) is 55.4 Å². The lowest BCUT2D eigenvalue weighted by Crippen LogP contribution is -2.47. The number of carbonyl (C=O) groups excluding carboxylic acids is 1. The van der Waals surface area contributed by atoms with Crippen molar-refractivity contribution in [2.75, 3.05) is 13.1 Å². The summed E-state index contributed by atoms with van der Waals surface area (Å²) in [6.07, 6.45) is 10.5. The monoisotopic (exact) mass is 496 g/mol. The van der Waals surface area contributed by atoms with Crippen LogP contribution in [0.5, 0.6) is 0 Å². The maximum Gasteiger partial charge on any atom is 0.244 e. The Hall–Kier alpha value is -3.18. The molecule has 184 valence electrons. The zero-order valence-corrected chi connectivity index (χ0v) is 20.1. The van der Waals surface area contributed by atoms with Crippen LogP contribution in [0.15, 0.2) is 58.5 Å². The molecule has 0 aromatic carbocycles. The van der Waals surface area contributed by atoms with E-state index in [1.165, 1.54) is 10.5 Å². The lowest BCUT2D eigenvalue weighted by Gasteiger charge is -2.31. The van der Waals surface area contributed by atoms with Gasteiger partial charge in [0.2, 0.25) is 27.6 Å². The van der Waals surface area contributed by atoms with Crippen molar-refractivity contribution in [1.29, 1.82) is 0 Å². The van der Waals surface area contributed by atoms with Crippen molar-refractivity contribution in [3.05, 3.63) is 54.9 Å². The molecular weight excluding hydrogens is 468 g/mol. The molecule has 1 N–H and O–H groups in total. The van der Waals surface area contributed by atoms with Gasteiger partial charge in [-0.1, -0.05) is 18.0 Å². The van der Waals surface area contributed by atoms with Crippen LogP contribution in [0.3, 0.4) is 0 Å². The second-order valence-electron chi connectivity index (χ2n) is 9.05. The number of fused-ring (bicyclic) bond motifs is 1. The normalized spacial score (nSPS) is 24.3. The quantitative estimate of drug-likeness (QED) is 0.583. The van der Waals surface area contributed by atoms with Crippen LogP contribution in [-0.4, -0.2) is 57.9 Å². The first kappa shape index (κ1) is 23.6. The predicted octanol–water partition coefficient (Wildman–Crippen LogP) is 2.77. The van der Waals surface area contributed by atoms with Crippen molar-refractivity contribution >= 4 is 15.9 Å². The maximum absolute atomic E-state index is 13.7. The molecule has 0 radical (unpaired) electrons. The van der Waals surface area contributed by atoms with E-state index in [2.05, 4.69) is 25.4 Å². The number of pyridine rings is 2. The van der Waals surface area contributed by atoms with Crippen LogP contribution in [0.25, 0.3) is 11.4 Å². The van der Waals surface area contributed by atoms with E-state index in [-0.39, 0.29) is 16.7 Å². The highest BCUT2D eigenvalue weighted by atomic mass is 32.2. The van der Waals surface area contributed by atoms with Crippen LogP contribution >= 0.6 is 0 Å². The number of nitrogens with one attached hydrogen (secondary N) is 1. The molecule has 3 atom stereocenters. The second-order valence-corrected chi connectivity index (χ2v) is 10.9. The lowest BCUT2D eigenvalue weighted by atomic mass is 10.0. The molecule has 1 amide bonds. The standard InChI is InChI=1S/C24H28N6O4S/c31-23-20-13-18(24-28-22(29-34-24)17-7-5-9-25-15-17)14-21(20)30(12-4-2-1-3-11-27-23)35(32,33)19-8-6-10-26-16-19/h5-10,15-16,18,20-21H,1-4,11-14H2,(H,27,31)/t18-,20-,21+/m1/s1. The number of sulfonamides is 1. The SMILES string of the molecule is O=C1NCCCCCCN(S(=O)(=O)c2cccnc2)[C@H]2C[C@H](c3nc(-c4cccnc4)no3)C[C@@H]12. The molecule has 2 fully saturated rings. The van der Waals surface area contributed by atoms with Gasteiger partial charge in [-0.2, -0.15) is 9.29 Å². The number of aromatic nitrogens is 4. The topological polar surface area (TPSA) is 131 Å². The first-order chi connectivity index (χ1) is 17.0. The van der Waals surface area contributed by atoms with E-state index >= 15 is 0 Å². The van der Waals surface area contributed by atoms with Crippen LogP contribution in [-0.2, 0) is 14.8 Å². The Kier molecular flexibility index (Phi) is 6.87. The number of carbonyl (C=O) groups is 1. The molecular formula is C24H28N6O4S. The van der Waals surface area contributed by atoms with Gasteiger partial charge in [-0.3, -0.25) is 14.8 Å². The molecule has 1 aliphatic heterocycles. The fourth-order valence-corrected chi connectivity index (χ4v) is 6.69. The highest BCUT2D eigenvalue weighted by molar-refractivity contribution is 7.89. The van der Waals surface area contributed by atoms with Crippen LogP contribution in [0.4, 0.5) is 0 Å². The third-order valence-corrected chi connectivity index (χ3v) is 8.70. The van der Waals surface area contributed by atoms with Gasteiger partial charge in [0.25, 0.3) is 0 Å². The van der Waals surface area contributed by atoms with E-state index in [0.717, 1.165) is 31.2 Å². The first-order valence-corrected chi connectivity index (χ1v) is 13.4. The highest BCUT2D eigenvalue weighted by Crippen LogP contribution is 2.43. The fourth-order valence-electron chi connectivity index (χ4n) is 5.02. The Morgan fingerprint density at radius 2 is 1.80 bits per heavy atom. The molecule has 5 rings (SSSR count). The zero-order chi connectivity index (χ0) is 24.3. The number of hydrogen-bond donors (Lipinski definition) is 1. The molecule has 11 heteroatoms. The molecule has 1 saturated carbocycles. The summed E-state index contributed by atoms with van der Waals surface area (Å²) < 4.78 is 34.5. The molecule has 0 unspecified atom stereocenters. The van der Waals surface area contributed by atoms with E-state index in [0.29, 0.717) is 37.6 Å². The van der Waals surface area contributed by atoms with Crippen molar-refractivity contribution in [2.45, 2.75) is 55.4 Å². The molecule has 10 nitrogen and oxygen atoms in total. The third-order valence-electron chi connectivity index (χ3n) is 6.79. The zero-order valence-electron chi connectivity index (χ0n) is 19.3. The summed E-state index contributed by atoms with van der Waals surface area (Å²) >= 11 is 0. The minimum Gasteiger partial charge on any atom is -0.356 e. The average molecular weight is 497 g/mol. The number of rotatable bonds is 4. The number of nitrogens with zero attached hydrogens (tertiary/aromatic N) is 5. The molecule has 35 heavy (non-hydrogen) atoms. The van der Waals surface area contributed by atoms with Gasteiger partial charge in [-0.05, 0) is 49.9 Å². The average Bonchev–Trinajstić information content (AvgIpc) is 3.54. The summed E-state index contributed by atoms with van der Waals surface area (Å²) in [6, 6.07) is 6.28. The Morgan fingerprint density at radius 3 is 2.57 bits per heavy atom. The van der Waals surface area contributed by atoms with Gasteiger partial charge in [-0.25, -0.2) is 8.42 Å². The molecule has 2 aliphatic rings. The van der Waals surface area contributed by atoms with Crippen LogP contribution in [0.1, 0.15) is 50.3 Å². The summed E-state index contributed by atoms with van der Waals surface area (Å²) in [5, 5.41) is 7.11. The minimum absolute atomic E-state index is 0.127. The molecule has 0 spiro atoms. The van der Waals surface area contributed by atoms with Crippen LogP contribution < -0.4 is 5.32 Å². The van der Waals surface area contributed by atoms with E-state index in [4.69, 9.17) is 4.52 Å². The van der Waals surface area contributed by atoms with Gasteiger partial charge < -0.3 is 9.84 Å². The maximum atomic E-state index is 13.7. The van der Waals surface area contributed by atoms with Crippen LogP contribution in [0, 0.1) is 5.92 Å². The predicted molar refractivity (Wildman–Crippen MR) is 126 cm³/mol. The van der Waals surface area contributed by atoms with E-state index < -0.39 is 22.0 Å². The highest BCUT2D eigenvalue weighted by Gasteiger charge is 2.47. The van der Waals surface area contributed by atoms with Crippen molar-refractivity contribution in [3.63, 3.8) is 0 Å². The van der Waals surface area contributed by atoms with Gasteiger partial charge >= 0.3 is 0 Å². The van der Waals surface area contributed by atoms with Gasteiger partial charge in [0.05, 0.1) is 5.92 Å². The van der Waals surface area contributed by atoms with E-state index in [1.54, 1.807) is 36.8 Å². The molecule has 3 aromatic heterocycles. The van der Waals surface area contributed by atoms with Crippen LogP contribution in [0.2, 0.25) is 0 Å². The Labute approximate surface area is 204 Å². The minimum atomic E-state index is -3.85. The lowest BCUT2D eigenvalue weighted by molar-refractivity contribution is -0.125. The fraction of sp³-hybridized carbons (Fsp3) is 0.458. The largest absolute Gasteiger partial charge is 0.356 e. The van der Waals surface area contributed by atoms with Gasteiger partial charge in [0.15, 0.2) is 0 Å². The summed E-state index contributed by atoms with van der Waals surface area (Å²) in [4.78, 5) is 26.0. The molecule has 1 aliphatic carbocycles. The summed E-state index contributed by atoms with van der Waals surface area (Å²) in [6.45, 7) is 0.941. The first-order valence-electron chi connectivity index (χ1n) is 12.0. The van der Waals surface area contributed by atoms with Crippen molar-refractivity contribution in [1.82, 2.24) is 29.7 Å². The van der Waals surface area contributed by atoms with E-state index in [9.17, 15) is 13.2 Å². The summed E-state index contributed by atoms with van der Waals surface area (Å²) in [5.74, 6) is -0.0407. The summed E-state index contributed by atoms with van der Waals surface area (Å²) in [7, 11) is -3.85. The van der Waals surface area contributed by atoms with E-state index in [1.807, 2.05) is 6.07 Å². The van der Waals surface area contributed by atoms with Crippen molar-refractivity contribution in [3.8, 4) is 11.4 Å². The molecule has 1 saturated heterocycles. The van der Waals surface area contributed by atoms with Gasteiger partial charge in [-0.15, -0.1) is 0 Å². The number of hydrogen-bond acceptors (Lipinski definition) is 8. The third kappa shape index (κ3) is 4.96. The van der Waals surface area contributed by atoms with Crippen molar-refractivity contribution < 1.29 is 17.7 Å². The number of amides is 1. The van der Waals surface area contributed by atoms with Crippen molar-refractivity contribution in [2.24, 2.45) is 5.92 Å². The second kappa shape index (κ2) is 10.2. The van der Waals surface area contributed by atoms with Gasteiger partial charge in [0.1, 0.15) is 4.90 Å². The molecule has 0 bridgehead atoms. The summed E-state index contributed by atoms with van der Waals surface area (Å²) in [5.41, 5.74) is 0.731.